The van der Waals surface area contributed by atoms with Crippen LogP contribution in [0, 0.1) is 6.92 Å². The van der Waals surface area contributed by atoms with Crippen molar-refractivity contribution in [2.45, 2.75) is 32.0 Å². The number of rotatable bonds is 3. The van der Waals surface area contributed by atoms with Crippen LogP contribution in [-0.4, -0.2) is 17.2 Å². The Morgan fingerprint density at radius 3 is 2.64 bits per heavy atom. The lowest BCUT2D eigenvalue weighted by atomic mass is 10.1. The Labute approximate surface area is 84.0 Å². The smallest absolute Gasteiger partial charge is 0.327 e. The van der Waals surface area contributed by atoms with Gasteiger partial charge >= 0.3 is 6.18 Å². The molecule has 1 heterocycles. The maximum absolute atomic E-state index is 11.9. The van der Waals surface area contributed by atoms with Gasteiger partial charge in [0, 0.05) is 23.5 Å². The lowest BCUT2D eigenvalue weighted by Crippen LogP contribution is -2.29. The third-order valence-corrected chi connectivity index (χ3v) is 2.59. The second-order valence-corrected chi connectivity index (χ2v) is 4.11. The molecular formula is C8H11F3N2S. The van der Waals surface area contributed by atoms with Crippen LogP contribution in [0.1, 0.15) is 17.1 Å². The van der Waals surface area contributed by atoms with Crippen molar-refractivity contribution in [3.05, 3.63) is 16.1 Å². The molecule has 0 fully saturated rings. The molecule has 0 aliphatic heterocycles. The van der Waals surface area contributed by atoms with Crippen LogP contribution in [0.5, 0.6) is 0 Å². The van der Waals surface area contributed by atoms with Crippen molar-refractivity contribution in [2.75, 3.05) is 0 Å². The van der Waals surface area contributed by atoms with E-state index in [1.54, 1.807) is 12.3 Å². The van der Waals surface area contributed by atoms with E-state index in [1.165, 1.54) is 11.3 Å². The van der Waals surface area contributed by atoms with E-state index in [1.807, 2.05) is 0 Å². The average Bonchev–Trinajstić information content (AvgIpc) is 2.30. The zero-order valence-corrected chi connectivity index (χ0v) is 8.45. The van der Waals surface area contributed by atoms with Crippen LogP contribution in [0.2, 0.25) is 0 Å². The van der Waals surface area contributed by atoms with Crippen molar-refractivity contribution < 1.29 is 13.2 Å². The second kappa shape index (κ2) is 4.27. The highest BCUT2D eigenvalue weighted by molar-refractivity contribution is 7.09. The topological polar surface area (TPSA) is 38.9 Å². The fraction of sp³-hybridized carbons (Fsp3) is 0.625. The predicted octanol–water partition coefficient (Wildman–Crippen LogP) is 2.27. The molecule has 0 bridgehead atoms. The molecule has 1 rings (SSSR count). The molecule has 0 spiro atoms. The molecule has 1 unspecified atom stereocenters. The van der Waals surface area contributed by atoms with Gasteiger partial charge in [-0.25, -0.2) is 4.98 Å². The zero-order valence-electron chi connectivity index (χ0n) is 7.64. The maximum atomic E-state index is 11.9. The Bertz CT molecular complexity index is 295. The van der Waals surface area contributed by atoms with Gasteiger partial charge < -0.3 is 5.73 Å². The third-order valence-electron chi connectivity index (χ3n) is 1.60. The Morgan fingerprint density at radius 1 is 1.57 bits per heavy atom. The van der Waals surface area contributed by atoms with E-state index in [-0.39, 0.29) is 6.42 Å². The molecule has 0 amide bonds. The summed E-state index contributed by atoms with van der Waals surface area (Å²) in [6.45, 7) is 1.80. The standard InChI is InChI=1S/C8H11F3N2S/c1-5-4-14-7(13-5)2-6(12)3-8(9,10)11/h4,6H,2-3,12H2,1H3. The van der Waals surface area contributed by atoms with Crippen molar-refractivity contribution in [3.63, 3.8) is 0 Å². The van der Waals surface area contributed by atoms with Crippen LogP contribution in [-0.2, 0) is 6.42 Å². The second-order valence-electron chi connectivity index (χ2n) is 3.17. The number of halogens is 3. The van der Waals surface area contributed by atoms with Gasteiger partial charge in [0.05, 0.1) is 11.4 Å². The van der Waals surface area contributed by atoms with Gasteiger partial charge in [0.15, 0.2) is 0 Å². The SMILES string of the molecule is Cc1csc(CC(N)CC(F)(F)F)n1. The van der Waals surface area contributed by atoms with Crippen molar-refractivity contribution in [1.29, 1.82) is 0 Å². The highest BCUT2D eigenvalue weighted by atomic mass is 32.1. The summed E-state index contributed by atoms with van der Waals surface area (Å²) in [6.07, 6.45) is -4.95. The average molecular weight is 224 g/mol. The number of thiazole rings is 1. The van der Waals surface area contributed by atoms with E-state index in [0.29, 0.717) is 5.01 Å². The molecule has 0 saturated carbocycles. The predicted molar refractivity (Wildman–Crippen MR) is 49.2 cm³/mol. The number of aromatic nitrogens is 1. The summed E-state index contributed by atoms with van der Waals surface area (Å²) in [6, 6.07) is -0.888. The molecule has 2 nitrogen and oxygen atoms in total. The Hall–Kier alpha value is -0.620. The summed E-state index contributed by atoms with van der Waals surface area (Å²) in [5, 5.41) is 2.47. The van der Waals surface area contributed by atoms with E-state index in [4.69, 9.17) is 5.73 Å². The Kier molecular flexibility index (Phi) is 3.49. The van der Waals surface area contributed by atoms with Crippen molar-refractivity contribution in [3.8, 4) is 0 Å². The first-order valence-electron chi connectivity index (χ1n) is 4.10. The van der Waals surface area contributed by atoms with Gasteiger partial charge in [0.2, 0.25) is 0 Å². The van der Waals surface area contributed by atoms with E-state index >= 15 is 0 Å². The molecule has 2 N–H and O–H groups in total. The first-order valence-corrected chi connectivity index (χ1v) is 4.98. The minimum atomic E-state index is -4.19. The normalized spacial score (nSPS) is 14.4. The lowest BCUT2D eigenvalue weighted by Gasteiger charge is -2.12. The van der Waals surface area contributed by atoms with E-state index in [0.717, 1.165) is 5.69 Å². The fourth-order valence-electron chi connectivity index (χ4n) is 1.09. The van der Waals surface area contributed by atoms with Gasteiger partial charge in [0.1, 0.15) is 0 Å². The van der Waals surface area contributed by atoms with E-state index in [2.05, 4.69) is 4.98 Å². The van der Waals surface area contributed by atoms with Crippen molar-refractivity contribution in [1.82, 2.24) is 4.98 Å². The van der Waals surface area contributed by atoms with Crippen LogP contribution in [0.15, 0.2) is 5.38 Å². The van der Waals surface area contributed by atoms with Crippen LogP contribution in [0.4, 0.5) is 13.2 Å². The molecule has 14 heavy (non-hydrogen) atoms. The molecule has 0 aliphatic carbocycles. The molecule has 1 aromatic rings. The zero-order chi connectivity index (χ0) is 10.8. The number of alkyl halides is 3. The summed E-state index contributed by atoms with van der Waals surface area (Å²) in [7, 11) is 0. The number of hydrogen-bond acceptors (Lipinski definition) is 3. The maximum Gasteiger partial charge on any atom is 0.390 e. The van der Waals surface area contributed by atoms with Gasteiger partial charge in [-0.3, -0.25) is 0 Å². The van der Waals surface area contributed by atoms with Crippen LogP contribution < -0.4 is 5.73 Å². The lowest BCUT2D eigenvalue weighted by molar-refractivity contribution is -0.138. The summed E-state index contributed by atoms with van der Waals surface area (Å²) < 4.78 is 35.8. The Balaban J connectivity index is 2.45. The van der Waals surface area contributed by atoms with Gasteiger partial charge in [-0.05, 0) is 6.92 Å². The minimum Gasteiger partial charge on any atom is -0.327 e. The molecule has 0 saturated heterocycles. The van der Waals surface area contributed by atoms with Gasteiger partial charge in [0.25, 0.3) is 0 Å². The molecule has 0 aliphatic rings. The number of nitrogens with zero attached hydrogens (tertiary/aromatic N) is 1. The molecule has 6 heteroatoms. The highest BCUT2D eigenvalue weighted by Gasteiger charge is 2.30. The molecular weight excluding hydrogens is 213 g/mol. The molecule has 1 atom stereocenters. The highest BCUT2D eigenvalue weighted by Crippen LogP contribution is 2.22. The quantitative estimate of drug-likeness (QED) is 0.855. The monoisotopic (exact) mass is 224 g/mol. The Morgan fingerprint density at radius 2 is 2.21 bits per heavy atom. The summed E-state index contributed by atoms with van der Waals surface area (Å²) in [4.78, 5) is 4.05. The summed E-state index contributed by atoms with van der Waals surface area (Å²) >= 11 is 1.35. The molecule has 1 aromatic heterocycles. The van der Waals surface area contributed by atoms with Crippen molar-refractivity contribution >= 4 is 11.3 Å². The molecule has 80 valence electrons. The van der Waals surface area contributed by atoms with E-state index in [9.17, 15) is 13.2 Å². The van der Waals surface area contributed by atoms with Crippen LogP contribution in [0.3, 0.4) is 0 Å². The first-order chi connectivity index (χ1) is 6.37. The number of aryl methyl sites for hydroxylation is 1. The van der Waals surface area contributed by atoms with Gasteiger partial charge in [-0.15, -0.1) is 11.3 Å². The third kappa shape index (κ3) is 4.06. The largest absolute Gasteiger partial charge is 0.390 e. The van der Waals surface area contributed by atoms with E-state index < -0.39 is 18.6 Å². The minimum absolute atomic E-state index is 0.192. The summed E-state index contributed by atoms with van der Waals surface area (Å²) in [5.74, 6) is 0. The van der Waals surface area contributed by atoms with Crippen LogP contribution in [0.25, 0.3) is 0 Å². The summed E-state index contributed by atoms with van der Waals surface area (Å²) in [5.41, 5.74) is 6.17. The van der Waals surface area contributed by atoms with Crippen LogP contribution >= 0.6 is 11.3 Å². The van der Waals surface area contributed by atoms with Crippen molar-refractivity contribution in [2.24, 2.45) is 5.73 Å². The first kappa shape index (κ1) is 11.5. The number of nitrogens with two attached hydrogens (primary N) is 1. The molecule has 0 aromatic carbocycles. The number of hydrogen-bond donors (Lipinski definition) is 1. The van der Waals surface area contributed by atoms with Gasteiger partial charge in [-0.2, -0.15) is 13.2 Å². The molecule has 0 radical (unpaired) electrons. The fourth-order valence-corrected chi connectivity index (χ4v) is 1.96. The van der Waals surface area contributed by atoms with Gasteiger partial charge in [-0.1, -0.05) is 0 Å².